The standard InChI is InChI=1S/C8H11ClN2O/c1-10-7(5-12)8-6(9)3-2-4-11-8/h2-4,7,10,12H,5H2,1H3/t7-/m1/s1. The van der Waals surface area contributed by atoms with E-state index in [0.717, 1.165) is 0 Å². The van der Waals surface area contributed by atoms with Crippen molar-refractivity contribution in [3.63, 3.8) is 0 Å². The second-order valence-electron chi connectivity index (χ2n) is 2.39. The van der Waals surface area contributed by atoms with E-state index in [0.29, 0.717) is 10.7 Å². The lowest BCUT2D eigenvalue weighted by atomic mass is 10.2. The van der Waals surface area contributed by atoms with Crippen LogP contribution in [-0.2, 0) is 0 Å². The Morgan fingerprint density at radius 3 is 3.00 bits per heavy atom. The van der Waals surface area contributed by atoms with Crippen LogP contribution in [0.3, 0.4) is 0 Å². The first-order valence-corrected chi connectivity index (χ1v) is 4.06. The Morgan fingerprint density at radius 1 is 1.75 bits per heavy atom. The first-order valence-electron chi connectivity index (χ1n) is 3.68. The number of aliphatic hydroxyl groups excluding tert-OH is 1. The van der Waals surface area contributed by atoms with Gasteiger partial charge in [-0.25, -0.2) is 0 Å². The van der Waals surface area contributed by atoms with Crippen molar-refractivity contribution < 1.29 is 5.11 Å². The minimum atomic E-state index is -0.182. The smallest absolute Gasteiger partial charge is 0.0782 e. The molecule has 1 rings (SSSR count). The number of hydrogen-bond donors (Lipinski definition) is 2. The fraction of sp³-hybridized carbons (Fsp3) is 0.375. The third-order valence-corrected chi connectivity index (χ3v) is 1.97. The predicted octanol–water partition coefficient (Wildman–Crippen LogP) is 0.988. The Labute approximate surface area is 76.4 Å². The van der Waals surface area contributed by atoms with Gasteiger partial charge in [0.15, 0.2) is 0 Å². The number of nitrogens with one attached hydrogen (secondary N) is 1. The highest BCUT2D eigenvalue weighted by Crippen LogP contribution is 2.18. The van der Waals surface area contributed by atoms with Gasteiger partial charge in [-0.05, 0) is 19.2 Å². The van der Waals surface area contributed by atoms with E-state index >= 15 is 0 Å². The summed E-state index contributed by atoms with van der Waals surface area (Å²) in [6.07, 6.45) is 1.65. The zero-order chi connectivity index (χ0) is 8.97. The SMILES string of the molecule is CN[C@H](CO)c1ncccc1Cl. The molecule has 0 aromatic carbocycles. The lowest BCUT2D eigenvalue weighted by Crippen LogP contribution is -2.21. The molecule has 4 heteroatoms. The maximum Gasteiger partial charge on any atom is 0.0782 e. The van der Waals surface area contributed by atoms with Crippen molar-refractivity contribution in [1.29, 1.82) is 0 Å². The second kappa shape index (κ2) is 4.40. The zero-order valence-electron chi connectivity index (χ0n) is 6.79. The lowest BCUT2D eigenvalue weighted by molar-refractivity contribution is 0.248. The van der Waals surface area contributed by atoms with Gasteiger partial charge in [-0.3, -0.25) is 4.98 Å². The van der Waals surface area contributed by atoms with E-state index in [1.807, 2.05) is 0 Å². The van der Waals surface area contributed by atoms with Crippen molar-refractivity contribution in [2.75, 3.05) is 13.7 Å². The Hall–Kier alpha value is -0.640. The van der Waals surface area contributed by atoms with Gasteiger partial charge in [-0.15, -0.1) is 0 Å². The molecular formula is C8H11ClN2O. The molecule has 0 aliphatic heterocycles. The molecule has 0 spiro atoms. The van der Waals surface area contributed by atoms with E-state index in [4.69, 9.17) is 16.7 Å². The van der Waals surface area contributed by atoms with Crippen molar-refractivity contribution in [2.45, 2.75) is 6.04 Å². The van der Waals surface area contributed by atoms with Gasteiger partial charge < -0.3 is 10.4 Å². The molecule has 0 saturated heterocycles. The molecule has 3 nitrogen and oxygen atoms in total. The van der Waals surface area contributed by atoms with Crippen molar-refractivity contribution in [2.24, 2.45) is 0 Å². The first-order chi connectivity index (χ1) is 5.79. The number of likely N-dealkylation sites (N-methyl/N-ethyl adjacent to an activating group) is 1. The van der Waals surface area contributed by atoms with E-state index < -0.39 is 0 Å². The number of hydrogen-bond acceptors (Lipinski definition) is 3. The quantitative estimate of drug-likeness (QED) is 0.740. The number of halogens is 1. The van der Waals surface area contributed by atoms with Crippen LogP contribution in [0.4, 0.5) is 0 Å². The zero-order valence-corrected chi connectivity index (χ0v) is 7.54. The Morgan fingerprint density at radius 2 is 2.50 bits per heavy atom. The molecule has 0 fully saturated rings. The maximum atomic E-state index is 8.94. The van der Waals surface area contributed by atoms with Crippen LogP contribution < -0.4 is 5.32 Å². The van der Waals surface area contributed by atoms with Gasteiger partial charge in [0.2, 0.25) is 0 Å². The molecule has 2 N–H and O–H groups in total. The molecule has 0 amide bonds. The molecule has 1 atom stereocenters. The van der Waals surface area contributed by atoms with Gasteiger partial charge in [0.25, 0.3) is 0 Å². The third-order valence-electron chi connectivity index (χ3n) is 1.65. The molecule has 0 unspecified atom stereocenters. The number of pyridine rings is 1. The minimum Gasteiger partial charge on any atom is -0.394 e. The van der Waals surface area contributed by atoms with Gasteiger partial charge in [0.05, 0.1) is 23.4 Å². The number of aromatic nitrogens is 1. The number of rotatable bonds is 3. The van der Waals surface area contributed by atoms with Gasteiger partial charge in [0, 0.05) is 6.20 Å². The molecule has 0 saturated carbocycles. The van der Waals surface area contributed by atoms with Crippen LogP contribution in [0.2, 0.25) is 5.02 Å². The van der Waals surface area contributed by atoms with Crippen LogP contribution in [0.5, 0.6) is 0 Å². The predicted molar refractivity (Wildman–Crippen MR) is 48.1 cm³/mol. The number of nitrogens with zero attached hydrogens (tertiary/aromatic N) is 1. The molecule has 12 heavy (non-hydrogen) atoms. The van der Waals surface area contributed by atoms with Crippen LogP contribution in [-0.4, -0.2) is 23.7 Å². The Kier molecular flexibility index (Phi) is 3.47. The van der Waals surface area contributed by atoms with E-state index in [-0.39, 0.29) is 12.6 Å². The van der Waals surface area contributed by atoms with Crippen LogP contribution in [0.1, 0.15) is 11.7 Å². The van der Waals surface area contributed by atoms with E-state index in [1.165, 1.54) is 0 Å². The summed E-state index contributed by atoms with van der Waals surface area (Å²) in [4.78, 5) is 4.07. The average molecular weight is 187 g/mol. The fourth-order valence-electron chi connectivity index (χ4n) is 0.969. The maximum absolute atomic E-state index is 8.94. The highest BCUT2D eigenvalue weighted by atomic mass is 35.5. The molecular weight excluding hydrogens is 176 g/mol. The highest BCUT2D eigenvalue weighted by molar-refractivity contribution is 6.31. The molecule has 0 aliphatic rings. The largest absolute Gasteiger partial charge is 0.394 e. The normalized spacial score (nSPS) is 12.9. The molecule has 1 aromatic rings. The Balaban J connectivity index is 2.92. The summed E-state index contributed by atoms with van der Waals surface area (Å²) in [7, 11) is 1.76. The average Bonchev–Trinajstić information content (AvgIpc) is 2.10. The molecule has 0 radical (unpaired) electrons. The summed E-state index contributed by atoms with van der Waals surface area (Å²) in [5.41, 5.74) is 0.684. The van der Waals surface area contributed by atoms with Crippen LogP contribution in [0, 0.1) is 0 Å². The van der Waals surface area contributed by atoms with Gasteiger partial charge in [0.1, 0.15) is 0 Å². The van der Waals surface area contributed by atoms with Crippen LogP contribution in [0.25, 0.3) is 0 Å². The van der Waals surface area contributed by atoms with Crippen LogP contribution in [0.15, 0.2) is 18.3 Å². The van der Waals surface area contributed by atoms with Gasteiger partial charge in [-0.1, -0.05) is 11.6 Å². The minimum absolute atomic E-state index is 0.00671. The van der Waals surface area contributed by atoms with E-state index in [1.54, 1.807) is 25.4 Å². The molecule has 0 bridgehead atoms. The van der Waals surface area contributed by atoms with E-state index in [9.17, 15) is 0 Å². The number of aliphatic hydroxyl groups is 1. The summed E-state index contributed by atoms with van der Waals surface area (Å²) in [5, 5.41) is 12.4. The third kappa shape index (κ3) is 1.94. The lowest BCUT2D eigenvalue weighted by Gasteiger charge is -2.12. The van der Waals surface area contributed by atoms with Gasteiger partial charge >= 0.3 is 0 Å². The second-order valence-corrected chi connectivity index (χ2v) is 2.80. The van der Waals surface area contributed by atoms with Crippen LogP contribution >= 0.6 is 11.6 Å². The van der Waals surface area contributed by atoms with E-state index in [2.05, 4.69) is 10.3 Å². The molecule has 1 heterocycles. The highest BCUT2D eigenvalue weighted by Gasteiger charge is 2.11. The summed E-state index contributed by atoms with van der Waals surface area (Å²) >= 11 is 5.86. The summed E-state index contributed by atoms with van der Waals surface area (Å²) < 4.78 is 0. The van der Waals surface area contributed by atoms with Crippen molar-refractivity contribution >= 4 is 11.6 Å². The van der Waals surface area contributed by atoms with Crippen molar-refractivity contribution in [3.05, 3.63) is 29.0 Å². The fourth-order valence-corrected chi connectivity index (χ4v) is 1.22. The molecule has 66 valence electrons. The Bertz CT molecular complexity index is 251. The van der Waals surface area contributed by atoms with Crippen molar-refractivity contribution in [1.82, 2.24) is 10.3 Å². The summed E-state index contributed by atoms with van der Waals surface area (Å²) in [6, 6.07) is 3.33. The van der Waals surface area contributed by atoms with Crippen molar-refractivity contribution in [3.8, 4) is 0 Å². The molecule has 1 aromatic heterocycles. The summed E-state index contributed by atoms with van der Waals surface area (Å²) in [6.45, 7) is -0.00671. The summed E-state index contributed by atoms with van der Waals surface area (Å²) in [5.74, 6) is 0. The van der Waals surface area contributed by atoms with Gasteiger partial charge in [-0.2, -0.15) is 0 Å². The topological polar surface area (TPSA) is 45.1 Å². The monoisotopic (exact) mass is 186 g/mol. The molecule has 0 aliphatic carbocycles. The first kappa shape index (κ1) is 9.45.